The highest BCUT2D eigenvalue weighted by Gasteiger charge is 2.28. The lowest BCUT2D eigenvalue weighted by Gasteiger charge is -2.17. The molecule has 4 N–H and O–H groups in total. The maximum atomic E-state index is 13.0. The number of nitrogens with two attached hydrogens (primary N) is 1. The molecule has 0 aromatic carbocycles. The molecule has 0 saturated heterocycles. The van der Waals surface area contributed by atoms with Gasteiger partial charge in [0.15, 0.2) is 0 Å². The summed E-state index contributed by atoms with van der Waals surface area (Å²) in [5.74, 6) is -1.45. The van der Waals surface area contributed by atoms with E-state index in [0.29, 0.717) is 11.6 Å². The number of carbonyl (C=O) groups is 3. The number of rotatable bonds is 7. The van der Waals surface area contributed by atoms with E-state index in [1.54, 1.807) is 42.1 Å². The zero-order valence-electron chi connectivity index (χ0n) is 16.0. The van der Waals surface area contributed by atoms with Crippen LogP contribution in [-0.2, 0) is 16.0 Å². The normalized spacial score (nSPS) is 12.0. The number of pyridine rings is 1. The van der Waals surface area contributed by atoms with Gasteiger partial charge in [0, 0.05) is 18.8 Å². The summed E-state index contributed by atoms with van der Waals surface area (Å²) in [6.07, 6.45) is 4.93. The van der Waals surface area contributed by atoms with Gasteiger partial charge in [0.25, 0.3) is 11.8 Å². The van der Waals surface area contributed by atoms with Crippen molar-refractivity contribution in [1.82, 2.24) is 24.8 Å². The van der Waals surface area contributed by atoms with Gasteiger partial charge in [0.2, 0.25) is 5.78 Å². The number of H-pyrrole nitrogens is 1. The Labute approximate surface area is 174 Å². The molecule has 4 aromatic heterocycles. The number of primary amides is 1. The molecule has 30 heavy (non-hydrogen) atoms. The van der Waals surface area contributed by atoms with E-state index in [9.17, 15) is 14.4 Å². The zero-order chi connectivity index (χ0) is 21.3. The minimum atomic E-state index is -1.11. The second-order valence-corrected chi connectivity index (χ2v) is 7.56. The van der Waals surface area contributed by atoms with Crippen LogP contribution < -0.4 is 11.1 Å². The Hall–Kier alpha value is -3.79. The third-order valence-electron chi connectivity index (χ3n) is 4.70. The van der Waals surface area contributed by atoms with Crippen molar-refractivity contribution < 1.29 is 14.4 Å². The fourth-order valence-corrected chi connectivity index (χ4v) is 4.20. The van der Waals surface area contributed by atoms with Gasteiger partial charge in [-0.3, -0.25) is 19.0 Å². The number of aromatic nitrogens is 4. The number of thiophene rings is 1. The van der Waals surface area contributed by atoms with E-state index in [1.165, 1.54) is 17.5 Å². The molecule has 4 aromatic rings. The first-order chi connectivity index (χ1) is 14.5. The van der Waals surface area contributed by atoms with Crippen molar-refractivity contribution in [2.75, 3.05) is 0 Å². The van der Waals surface area contributed by atoms with Gasteiger partial charge in [-0.05, 0) is 36.1 Å². The van der Waals surface area contributed by atoms with E-state index in [2.05, 4.69) is 20.3 Å². The van der Waals surface area contributed by atoms with Crippen molar-refractivity contribution in [2.45, 2.75) is 19.4 Å². The summed E-state index contributed by atoms with van der Waals surface area (Å²) >= 11 is 1.51. The van der Waals surface area contributed by atoms with Crippen LogP contribution in [0.4, 0.5) is 0 Å². The van der Waals surface area contributed by atoms with Gasteiger partial charge in [0.1, 0.15) is 23.4 Å². The number of carbonyl (C=O) groups excluding carboxylic acids is 3. The van der Waals surface area contributed by atoms with Crippen LogP contribution >= 0.6 is 11.3 Å². The molecule has 0 spiro atoms. The second kappa shape index (κ2) is 7.91. The summed E-state index contributed by atoms with van der Waals surface area (Å²) in [5, 5.41) is 4.53. The quantitative estimate of drug-likeness (QED) is 0.388. The summed E-state index contributed by atoms with van der Waals surface area (Å²) in [5.41, 5.74) is 7.10. The molecule has 2 amide bonds. The van der Waals surface area contributed by atoms with E-state index in [0.717, 1.165) is 15.8 Å². The molecule has 0 saturated carbocycles. The van der Waals surface area contributed by atoms with E-state index in [4.69, 9.17) is 5.73 Å². The summed E-state index contributed by atoms with van der Waals surface area (Å²) in [6, 6.07) is 6.11. The molecule has 0 aliphatic heterocycles. The molecule has 1 unspecified atom stereocenters. The molecule has 0 aliphatic carbocycles. The Kier molecular flexibility index (Phi) is 5.15. The standard InChI is InChI=1S/C20H18N6O3S/c1-11-24-9-14(26(11)16-4-2-3-6-22-16)20(29)25-13(18(27)19(21)28)8-12-10-30-15-5-7-23-17(12)15/h2-7,9-10,13,23H,8H2,1H3,(H2,21,28)(H,25,29). The minimum absolute atomic E-state index is 0.130. The summed E-state index contributed by atoms with van der Waals surface area (Å²) in [4.78, 5) is 48.6. The number of amides is 2. The van der Waals surface area contributed by atoms with Crippen LogP contribution in [0.25, 0.3) is 16.0 Å². The topological polar surface area (TPSA) is 136 Å². The predicted octanol–water partition coefficient (Wildman–Crippen LogP) is 1.51. The molecule has 152 valence electrons. The zero-order valence-corrected chi connectivity index (χ0v) is 16.8. The molecular weight excluding hydrogens is 404 g/mol. The number of Topliss-reactive ketones (excluding diaryl/α,β-unsaturated/α-hetero) is 1. The van der Waals surface area contributed by atoms with Crippen LogP contribution in [-0.4, -0.2) is 43.2 Å². The third kappa shape index (κ3) is 3.60. The van der Waals surface area contributed by atoms with Gasteiger partial charge in [-0.15, -0.1) is 11.3 Å². The second-order valence-electron chi connectivity index (χ2n) is 6.65. The summed E-state index contributed by atoms with van der Waals surface area (Å²) in [6.45, 7) is 1.74. The number of imidazole rings is 1. The molecule has 4 rings (SSSR count). The minimum Gasteiger partial charge on any atom is -0.363 e. The lowest BCUT2D eigenvalue weighted by molar-refractivity contribution is -0.137. The van der Waals surface area contributed by atoms with E-state index < -0.39 is 23.6 Å². The van der Waals surface area contributed by atoms with Gasteiger partial charge in [-0.2, -0.15) is 0 Å². The van der Waals surface area contributed by atoms with E-state index in [1.807, 2.05) is 11.4 Å². The van der Waals surface area contributed by atoms with Crippen LogP contribution in [0.2, 0.25) is 0 Å². The van der Waals surface area contributed by atoms with Crippen LogP contribution in [0.3, 0.4) is 0 Å². The highest BCUT2D eigenvalue weighted by Crippen LogP contribution is 2.25. The predicted molar refractivity (Wildman–Crippen MR) is 111 cm³/mol. The molecule has 1 atom stereocenters. The van der Waals surface area contributed by atoms with Crippen molar-refractivity contribution in [2.24, 2.45) is 5.73 Å². The maximum absolute atomic E-state index is 13.0. The van der Waals surface area contributed by atoms with Crippen molar-refractivity contribution in [3.05, 3.63) is 65.3 Å². The maximum Gasteiger partial charge on any atom is 0.287 e. The number of fused-ring (bicyclic) bond motifs is 1. The molecular formula is C20H18N6O3S. The highest BCUT2D eigenvalue weighted by atomic mass is 32.1. The fourth-order valence-electron chi connectivity index (χ4n) is 3.26. The number of aryl methyl sites for hydroxylation is 1. The lowest BCUT2D eigenvalue weighted by Crippen LogP contribution is -2.47. The SMILES string of the molecule is Cc1ncc(C(=O)NC(Cc2csc3cc[nH]c23)C(=O)C(N)=O)n1-c1ccccn1. The van der Waals surface area contributed by atoms with Gasteiger partial charge in [-0.25, -0.2) is 9.97 Å². The van der Waals surface area contributed by atoms with Crippen LogP contribution in [0, 0.1) is 6.92 Å². The number of nitrogens with zero attached hydrogens (tertiary/aromatic N) is 3. The Bertz CT molecular complexity index is 1240. The van der Waals surface area contributed by atoms with Gasteiger partial charge < -0.3 is 16.0 Å². The van der Waals surface area contributed by atoms with Crippen molar-refractivity contribution in [1.29, 1.82) is 0 Å². The largest absolute Gasteiger partial charge is 0.363 e. The Balaban J connectivity index is 1.64. The first-order valence-corrected chi connectivity index (χ1v) is 9.97. The molecule has 0 fully saturated rings. The van der Waals surface area contributed by atoms with Crippen LogP contribution in [0.5, 0.6) is 0 Å². The lowest BCUT2D eigenvalue weighted by atomic mass is 10.0. The Morgan fingerprint density at radius 1 is 1.27 bits per heavy atom. The molecule has 0 bridgehead atoms. The van der Waals surface area contributed by atoms with E-state index >= 15 is 0 Å². The third-order valence-corrected chi connectivity index (χ3v) is 5.69. The van der Waals surface area contributed by atoms with Crippen LogP contribution in [0.1, 0.15) is 21.9 Å². The van der Waals surface area contributed by atoms with Gasteiger partial charge in [0.05, 0.1) is 16.4 Å². The number of hydrogen-bond donors (Lipinski definition) is 3. The molecule has 0 radical (unpaired) electrons. The Morgan fingerprint density at radius 2 is 2.10 bits per heavy atom. The first kappa shape index (κ1) is 19.5. The Morgan fingerprint density at radius 3 is 2.83 bits per heavy atom. The number of hydrogen-bond acceptors (Lipinski definition) is 6. The first-order valence-electron chi connectivity index (χ1n) is 9.09. The molecule has 4 heterocycles. The van der Waals surface area contributed by atoms with Crippen molar-refractivity contribution in [3.63, 3.8) is 0 Å². The summed E-state index contributed by atoms with van der Waals surface area (Å²) < 4.78 is 2.60. The number of nitrogens with one attached hydrogen (secondary N) is 2. The van der Waals surface area contributed by atoms with E-state index in [-0.39, 0.29) is 12.1 Å². The number of aromatic amines is 1. The average Bonchev–Trinajstić information content (AvgIpc) is 3.44. The smallest absolute Gasteiger partial charge is 0.287 e. The monoisotopic (exact) mass is 422 g/mol. The van der Waals surface area contributed by atoms with Crippen molar-refractivity contribution >= 4 is 39.2 Å². The molecule has 9 nitrogen and oxygen atoms in total. The molecule has 0 aliphatic rings. The average molecular weight is 422 g/mol. The number of ketones is 1. The van der Waals surface area contributed by atoms with Crippen molar-refractivity contribution in [3.8, 4) is 5.82 Å². The van der Waals surface area contributed by atoms with Gasteiger partial charge in [-0.1, -0.05) is 6.07 Å². The fraction of sp³-hybridized carbons (Fsp3) is 0.150. The highest BCUT2D eigenvalue weighted by molar-refractivity contribution is 7.17. The summed E-state index contributed by atoms with van der Waals surface area (Å²) in [7, 11) is 0. The molecule has 10 heteroatoms. The van der Waals surface area contributed by atoms with Gasteiger partial charge >= 0.3 is 0 Å². The van der Waals surface area contributed by atoms with Crippen LogP contribution in [0.15, 0.2) is 48.2 Å².